The molecule has 3 rings (SSSR count). The van der Waals surface area contributed by atoms with E-state index in [1.165, 1.54) is 0 Å². The SMILES string of the molecule is CC1=C(Nc2ccccn2)C(=O)c2ccccc2C1=O. The lowest BCUT2D eigenvalue weighted by molar-refractivity contribution is 0.0976. The van der Waals surface area contributed by atoms with Crippen LogP contribution in [0.2, 0.25) is 0 Å². The van der Waals surface area contributed by atoms with Gasteiger partial charge in [0, 0.05) is 22.9 Å². The third-order valence-corrected chi connectivity index (χ3v) is 3.28. The topological polar surface area (TPSA) is 59.1 Å². The van der Waals surface area contributed by atoms with Crippen LogP contribution in [-0.2, 0) is 0 Å². The van der Waals surface area contributed by atoms with Gasteiger partial charge in [0.2, 0.25) is 5.78 Å². The average molecular weight is 264 g/mol. The Bertz CT molecular complexity index is 733. The smallest absolute Gasteiger partial charge is 0.210 e. The Hall–Kier alpha value is -2.75. The lowest BCUT2D eigenvalue weighted by atomic mass is 9.88. The van der Waals surface area contributed by atoms with Gasteiger partial charge in [-0.3, -0.25) is 9.59 Å². The van der Waals surface area contributed by atoms with Crippen molar-refractivity contribution in [1.82, 2.24) is 4.98 Å². The number of pyridine rings is 1. The molecule has 1 aromatic heterocycles. The van der Waals surface area contributed by atoms with Gasteiger partial charge in [-0.15, -0.1) is 0 Å². The highest BCUT2D eigenvalue weighted by atomic mass is 16.1. The Balaban J connectivity index is 2.06. The molecule has 0 saturated carbocycles. The van der Waals surface area contributed by atoms with Crippen molar-refractivity contribution in [3.05, 3.63) is 71.1 Å². The van der Waals surface area contributed by atoms with Crippen LogP contribution in [0.25, 0.3) is 0 Å². The number of hydrogen-bond donors (Lipinski definition) is 1. The summed E-state index contributed by atoms with van der Waals surface area (Å²) in [4.78, 5) is 28.9. The van der Waals surface area contributed by atoms with Gasteiger partial charge in [0.1, 0.15) is 5.82 Å². The summed E-state index contributed by atoms with van der Waals surface area (Å²) in [6, 6.07) is 12.2. The number of carbonyl (C=O) groups excluding carboxylic acids is 2. The maximum atomic E-state index is 12.5. The van der Waals surface area contributed by atoms with Crippen LogP contribution in [-0.4, -0.2) is 16.6 Å². The third kappa shape index (κ3) is 1.91. The molecule has 1 N–H and O–H groups in total. The highest BCUT2D eigenvalue weighted by Crippen LogP contribution is 2.26. The van der Waals surface area contributed by atoms with E-state index < -0.39 is 0 Å². The number of fused-ring (bicyclic) bond motifs is 1. The number of nitrogens with one attached hydrogen (secondary N) is 1. The van der Waals surface area contributed by atoms with E-state index in [1.807, 2.05) is 6.07 Å². The number of Topliss-reactive ketones (excluding diaryl/α,β-unsaturated/α-hetero) is 2. The van der Waals surface area contributed by atoms with Crippen molar-refractivity contribution in [2.24, 2.45) is 0 Å². The minimum atomic E-state index is -0.177. The summed E-state index contributed by atoms with van der Waals surface area (Å²) in [5.41, 5.74) is 1.61. The molecule has 4 nitrogen and oxygen atoms in total. The lowest BCUT2D eigenvalue weighted by Gasteiger charge is -2.19. The predicted molar refractivity (Wildman–Crippen MR) is 75.7 cm³/mol. The van der Waals surface area contributed by atoms with E-state index in [4.69, 9.17) is 0 Å². The maximum Gasteiger partial charge on any atom is 0.210 e. The van der Waals surface area contributed by atoms with Crippen LogP contribution in [0.5, 0.6) is 0 Å². The number of ketones is 2. The molecular formula is C16H12N2O2. The number of nitrogens with zero attached hydrogens (tertiary/aromatic N) is 1. The molecule has 0 radical (unpaired) electrons. The Labute approximate surface area is 116 Å². The molecule has 4 heteroatoms. The fourth-order valence-electron chi connectivity index (χ4n) is 2.21. The normalized spacial score (nSPS) is 14.2. The van der Waals surface area contributed by atoms with Gasteiger partial charge in [0.25, 0.3) is 0 Å². The molecule has 1 heterocycles. The quantitative estimate of drug-likeness (QED) is 0.906. The van der Waals surface area contributed by atoms with E-state index >= 15 is 0 Å². The highest BCUT2D eigenvalue weighted by molar-refractivity contribution is 6.27. The lowest BCUT2D eigenvalue weighted by Crippen LogP contribution is -2.25. The second-order valence-electron chi connectivity index (χ2n) is 4.54. The van der Waals surface area contributed by atoms with Crippen LogP contribution in [0.3, 0.4) is 0 Å². The molecule has 1 aliphatic carbocycles. The number of allylic oxidation sites excluding steroid dienone is 2. The largest absolute Gasteiger partial charge is 0.337 e. The van der Waals surface area contributed by atoms with Gasteiger partial charge in [0.05, 0.1) is 5.70 Å². The fourth-order valence-corrected chi connectivity index (χ4v) is 2.21. The number of carbonyl (C=O) groups is 2. The summed E-state index contributed by atoms with van der Waals surface area (Å²) in [6.07, 6.45) is 1.63. The first kappa shape index (κ1) is 12.3. The molecular weight excluding hydrogens is 252 g/mol. The third-order valence-electron chi connectivity index (χ3n) is 3.28. The van der Waals surface area contributed by atoms with Crippen molar-refractivity contribution < 1.29 is 9.59 Å². The van der Waals surface area contributed by atoms with Gasteiger partial charge in [-0.05, 0) is 19.1 Å². The van der Waals surface area contributed by atoms with Crippen molar-refractivity contribution in [2.75, 3.05) is 5.32 Å². The first-order valence-electron chi connectivity index (χ1n) is 6.26. The van der Waals surface area contributed by atoms with Crippen LogP contribution in [0.15, 0.2) is 59.9 Å². The first-order valence-corrected chi connectivity index (χ1v) is 6.26. The summed E-state index contributed by atoms with van der Waals surface area (Å²) in [7, 11) is 0. The number of benzene rings is 1. The molecule has 0 spiro atoms. The Morgan fingerprint density at radius 2 is 1.55 bits per heavy atom. The highest BCUT2D eigenvalue weighted by Gasteiger charge is 2.29. The van der Waals surface area contributed by atoms with Crippen molar-refractivity contribution in [3.63, 3.8) is 0 Å². The van der Waals surface area contributed by atoms with Crippen molar-refractivity contribution >= 4 is 17.4 Å². The zero-order chi connectivity index (χ0) is 14.1. The number of rotatable bonds is 2. The zero-order valence-corrected chi connectivity index (χ0v) is 10.9. The second kappa shape index (κ2) is 4.74. The van der Waals surface area contributed by atoms with Gasteiger partial charge < -0.3 is 5.32 Å². The Morgan fingerprint density at radius 1 is 0.900 bits per heavy atom. The molecule has 0 unspecified atom stereocenters. The monoisotopic (exact) mass is 264 g/mol. The van der Waals surface area contributed by atoms with E-state index in [9.17, 15) is 9.59 Å². The Kier molecular flexibility index (Phi) is 2.91. The summed E-state index contributed by atoms with van der Waals surface area (Å²) in [6.45, 7) is 1.65. The molecule has 2 aromatic rings. The molecule has 0 saturated heterocycles. The zero-order valence-electron chi connectivity index (χ0n) is 10.9. The first-order chi connectivity index (χ1) is 9.68. The molecule has 20 heavy (non-hydrogen) atoms. The summed E-state index contributed by atoms with van der Waals surface area (Å²) < 4.78 is 0. The molecule has 0 atom stereocenters. The standard InChI is InChI=1S/C16H12N2O2/c1-10-14(18-13-8-4-5-9-17-13)16(20)12-7-3-2-6-11(12)15(10)19/h2-9H,1H3,(H,17,18). The fraction of sp³-hybridized carbons (Fsp3) is 0.0625. The Morgan fingerprint density at radius 3 is 2.20 bits per heavy atom. The summed E-state index contributed by atoms with van der Waals surface area (Å²) >= 11 is 0. The molecule has 0 bridgehead atoms. The number of hydrogen-bond acceptors (Lipinski definition) is 4. The van der Waals surface area contributed by atoms with Crippen molar-refractivity contribution in [2.45, 2.75) is 6.92 Å². The van der Waals surface area contributed by atoms with Gasteiger partial charge in [-0.2, -0.15) is 0 Å². The van der Waals surface area contributed by atoms with Crippen molar-refractivity contribution in [3.8, 4) is 0 Å². The van der Waals surface area contributed by atoms with E-state index in [-0.39, 0.29) is 11.6 Å². The van der Waals surface area contributed by atoms with Gasteiger partial charge >= 0.3 is 0 Å². The van der Waals surface area contributed by atoms with E-state index in [0.717, 1.165) is 0 Å². The van der Waals surface area contributed by atoms with Crippen LogP contribution in [0.1, 0.15) is 27.6 Å². The molecule has 0 aliphatic heterocycles. The van der Waals surface area contributed by atoms with Crippen LogP contribution in [0.4, 0.5) is 5.82 Å². The minimum Gasteiger partial charge on any atom is -0.337 e. The number of aromatic nitrogens is 1. The van der Waals surface area contributed by atoms with E-state index in [1.54, 1.807) is 49.5 Å². The van der Waals surface area contributed by atoms with E-state index in [2.05, 4.69) is 10.3 Å². The van der Waals surface area contributed by atoms with Gasteiger partial charge in [0.15, 0.2) is 5.78 Å². The summed E-state index contributed by atoms with van der Waals surface area (Å²) in [5.74, 6) is 0.240. The van der Waals surface area contributed by atoms with Crippen molar-refractivity contribution in [1.29, 1.82) is 0 Å². The average Bonchev–Trinajstić information content (AvgIpc) is 2.50. The van der Waals surface area contributed by atoms with E-state index in [0.29, 0.717) is 28.2 Å². The number of anilines is 1. The predicted octanol–water partition coefficient (Wildman–Crippen LogP) is 2.85. The molecule has 98 valence electrons. The molecule has 1 aromatic carbocycles. The second-order valence-corrected chi connectivity index (χ2v) is 4.54. The van der Waals surface area contributed by atoms with Crippen LogP contribution < -0.4 is 5.32 Å². The van der Waals surface area contributed by atoms with Crippen LogP contribution >= 0.6 is 0 Å². The molecule has 1 aliphatic rings. The van der Waals surface area contributed by atoms with Crippen LogP contribution in [0, 0.1) is 0 Å². The maximum absolute atomic E-state index is 12.5. The molecule has 0 fully saturated rings. The van der Waals surface area contributed by atoms with Gasteiger partial charge in [-0.1, -0.05) is 30.3 Å². The van der Waals surface area contributed by atoms with Gasteiger partial charge in [-0.25, -0.2) is 4.98 Å². The summed E-state index contributed by atoms with van der Waals surface area (Å²) in [5, 5.41) is 2.95. The molecule has 0 amide bonds. The minimum absolute atomic E-state index is 0.126.